The van der Waals surface area contributed by atoms with E-state index in [1.54, 1.807) is 0 Å². The van der Waals surface area contributed by atoms with E-state index < -0.39 is 0 Å². The van der Waals surface area contributed by atoms with E-state index in [2.05, 4.69) is 6.58 Å². The smallest absolute Gasteiger partial charge is 0.0608 e. The molecule has 0 aromatic heterocycles. The third kappa shape index (κ3) is 1.94. The molecular weight excluding hydrogens is 162 g/mol. The summed E-state index contributed by atoms with van der Waals surface area (Å²) < 4.78 is 5.93. The second-order valence-electron chi connectivity index (χ2n) is 4.36. The molecule has 0 aromatic rings. The summed E-state index contributed by atoms with van der Waals surface area (Å²) in [6, 6.07) is 0.115. The predicted molar refractivity (Wildman–Crippen MR) is 53.4 cm³/mol. The average molecular weight is 181 g/mol. The van der Waals surface area contributed by atoms with E-state index in [1.807, 2.05) is 6.08 Å². The molecule has 1 heterocycles. The van der Waals surface area contributed by atoms with Crippen molar-refractivity contribution in [1.29, 1.82) is 0 Å². The average Bonchev–Trinajstić information content (AvgIpc) is 2.63. The van der Waals surface area contributed by atoms with E-state index >= 15 is 0 Å². The van der Waals surface area contributed by atoms with Crippen molar-refractivity contribution in [3.8, 4) is 0 Å². The Bertz CT molecular complexity index is 181. The van der Waals surface area contributed by atoms with Gasteiger partial charge in [0.2, 0.25) is 0 Å². The molecule has 0 radical (unpaired) electrons. The van der Waals surface area contributed by atoms with Crippen LogP contribution in [0.15, 0.2) is 12.7 Å². The molecule has 1 saturated carbocycles. The number of nitrogens with two attached hydrogens (primary N) is 1. The maximum absolute atomic E-state index is 5.93. The summed E-state index contributed by atoms with van der Waals surface area (Å²) in [5.41, 5.74) is 5.81. The molecule has 2 aliphatic rings. The number of hydrogen-bond donors (Lipinski definition) is 1. The molecule has 1 aliphatic carbocycles. The maximum atomic E-state index is 5.93. The van der Waals surface area contributed by atoms with Gasteiger partial charge in [0.25, 0.3) is 0 Å². The molecule has 1 aliphatic heterocycles. The maximum Gasteiger partial charge on any atom is 0.0608 e. The molecule has 4 unspecified atom stereocenters. The molecule has 2 nitrogen and oxygen atoms in total. The molecule has 0 aromatic carbocycles. The summed E-state index contributed by atoms with van der Waals surface area (Å²) in [7, 11) is 0. The highest BCUT2D eigenvalue weighted by Crippen LogP contribution is 2.39. The molecule has 0 amide bonds. The third-order valence-electron chi connectivity index (χ3n) is 3.36. The van der Waals surface area contributed by atoms with Crippen molar-refractivity contribution in [3.05, 3.63) is 12.7 Å². The fraction of sp³-hybridized carbons (Fsp3) is 0.818. The Hall–Kier alpha value is -0.340. The lowest BCUT2D eigenvalue weighted by Crippen LogP contribution is -2.24. The van der Waals surface area contributed by atoms with E-state index in [9.17, 15) is 0 Å². The van der Waals surface area contributed by atoms with Gasteiger partial charge in [0.05, 0.1) is 12.2 Å². The summed E-state index contributed by atoms with van der Waals surface area (Å²) in [5.74, 6) is 0.835. The SMILES string of the molecule is C=CC(N)CC1CC2CCCC2O1. The third-order valence-corrected chi connectivity index (χ3v) is 3.36. The van der Waals surface area contributed by atoms with Gasteiger partial charge in [-0.25, -0.2) is 0 Å². The van der Waals surface area contributed by atoms with Crippen molar-refractivity contribution in [1.82, 2.24) is 0 Å². The highest BCUT2D eigenvalue weighted by Gasteiger charge is 2.38. The first-order valence-electron chi connectivity index (χ1n) is 5.33. The Kier molecular flexibility index (Phi) is 2.70. The Morgan fingerprint density at radius 1 is 1.54 bits per heavy atom. The van der Waals surface area contributed by atoms with Gasteiger partial charge in [-0.3, -0.25) is 0 Å². The van der Waals surface area contributed by atoms with Crippen LogP contribution in [-0.2, 0) is 4.74 Å². The molecule has 0 bridgehead atoms. The van der Waals surface area contributed by atoms with Gasteiger partial charge >= 0.3 is 0 Å². The lowest BCUT2D eigenvalue weighted by molar-refractivity contribution is 0.0353. The summed E-state index contributed by atoms with van der Waals surface area (Å²) in [5, 5.41) is 0. The zero-order valence-corrected chi connectivity index (χ0v) is 8.11. The largest absolute Gasteiger partial charge is 0.375 e. The van der Waals surface area contributed by atoms with Gasteiger partial charge in [0.15, 0.2) is 0 Å². The second-order valence-corrected chi connectivity index (χ2v) is 4.36. The number of rotatable bonds is 3. The van der Waals surface area contributed by atoms with Gasteiger partial charge in [0, 0.05) is 6.04 Å². The van der Waals surface area contributed by atoms with Crippen LogP contribution in [0, 0.1) is 5.92 Å². The van der Waals surface area contributed by atoms with E-state index in [0.717, 1.165) is 12.3 Å². The van der Waals surface area contributed by atoms with Crippen molar-refractivity contribution >= 4 is 0 Å². The van der Waals surface area contributed by atoms with E-state index in [0.29, 0.717) is 12.2 Å². The molecule has 4 atom stereocenters. The minimum absolute atomic E-state index is 0.115. The minimum Gasteiger partial charge on any atom is -0.375 e. The normalized spacial score (nSPS) is 40.2. The fourth-order valence-electron chi connectivity index (χ4n) is 2.64. The van der Waals surface area contributed by atoms with Crippen LogP contribution in [0.1, 0.15) is 32.1 Å². The first-order valence-corrected chi connectivity index (χ1v) is 5.33. The van der Waals surface area contributed by atoms with Crippen LogP contribution in [-0.4, -0.2) is 18.2 Å². The van der Waals surface area contributed by atoms with Gasteiger partial charge in [-0.2, -0.15) is 0 Å². The predicted octanol–water partition coefficient (Wildman–Crippen LogP) is 1.85. The molecule has 2 fully saturated rings. The molecule has 0 spiro atoms. The Labute approximate surface area is 80.1 Å². The lowest BCUT2D eigenvalue weighted by Gasteiger charge is -2.14. The monoisotopic (exact) mass is 181 g/mol. The number of hydrogen-bond acceptors (Lipinski definition) is 2. The van der Waals surface area contributed by atoms with Gasteiger partial charge in [-0.05, 0) is 31.6 Å². The van der Waals surface area contributed by atoms with Crippen LogP contribution in [0.5, 0.6) is 0 Å². The van der Waals surface area contributed by atoms with E-state index in [1.165, 1.54) is 25.7 Å². The van der Waals surface area contributed by atoms with Crippen LogP contribution in [0.25, 0.3) is 0 Å². The first-order chi connectivity index (χ1) is 6.29. The standard InChI is InChI=1S/C11H19NO/c1-2-9(12)7-10-6-8-4-3-5-11(8)13-10/h2,8-11H,1,3-7,12H2. The summed E-state index contributed by atoms with van der Waals surface area (Å²) in [6.07, 6.45) is 8.95. The van der Waals surface area contributed by atoms with Crippen molar-refractivity contribution in [2.24, 2.45) is 11.7 Å². The van der Waals surface area contributed by atoms with Crippen molar-refractivity contribution < 1.29 is 4.74 Å². The van der Waals surface area contributed by atoms with Gasteiger partial charge in [-0.1, -0.05) is 12.5 Å². The lowest BCUT2D eigenvalue weighted by atomic mass is 9.99. The van der Waals surface area contributed by atoms with Crippen LogP contribution in [0.3, 0.4) is 0 Å². The van der Waals surface area contributed by atoms with Gasteiger partial charge in [-0.15, -0.1) is 6.58 Å². The number of fused-ring (bicyclic) bond motifs is 1. The van der Waals surface area contributed by atoms with Gasteiger partial charge in [0.1, 0.15) is 0 Å². The second kappa shape index (κ2) is 3.81. The Morgan fingerprint density at radius 3 is 3.08 bits per heavy atom. The van der Waals surface area contributed by atoms with Crippen molar-refractivity contribution in [2.45, 2.75) is 50.4 Å². The van der Waals surface area contributed by atoms with Crippen molar-refractivity contribution in [2.75, 3.05) is 0 Å². The Morgan fingerprint density at radius 2 is 2.38 bits per heavy atom. The molecule has 2 heteroatoms. The van der Waals surface area contributed by atoms with Crippen LogP contribution in [0.4, 0.5) is 0 Å². The minimum atomic E-state index is 0.115. The highest BCUT2D eigenvalue weighted by molar-refractivity contribution is 4.91. The molecule has 2 rings (SSSR count). The van der Waals surface area contributed by atoms with Crippen LogP contribution < -0.4 is 5.73 Å². The number of ether oxygens (including phenoxy) is 1. The summed E-state index contributed by atoms with van der Waals surface area (Å²) in [6.45, 7) is 3.69. The summed E-state index contributed by atoms with van der Waals surface area (Å²) >= 11 is 0. The topological polar surface area (TPSA) is 35.2 Å². The zero-order chi connectivity index (χ0) is 9.26. The van der Waals surface area contributed by atoms with Crippen LogP contribution in [0.2, 0.25) is 0 Å². The van der Waals surface area contributed by atoms with Gasteiger partial charge < -0.3 is 10.5 Å². The van der Waals surface area contributed by atoms with Crippen molar-refractivity contribution in [3.63, 3.8) is 0 Å². The quantitative estimate of drug-likeness (QED) is 0.674. The molecule has 1 saturated heterocycles. The molecule has 13 heavy (non-hydrogen) atoms. The Balaban J connectivity index is 1.81. The highest BCUT2D eigenvalue weighted by atomic mass is 16.5. The zero-order valence-electron chi connectivity index (χ0n) is 8.11. The summed E-state index contributed by atoms with van der Waals surface area (Å²) in [4.78, 5) is 0. The van der Waals surface area contributed by atoms with E-state index in [4.69, 9.17) is 10.5 Å². The first kappa shape index (κ1) is 9.22. The molecular formula is C11H19NO. The van der Waals surface area contributed by atoms with E-state index in [-0.39, 0.29) is 6.04 Å². The molecule has 74 valence electrons. The molecule has 2 N–H and O–H groups in total. The van der Waals surface area contributed by atoms with Crippen LogP contribution >= 0.6 is 0 Å². The fourth-order valence-corrected chi connectivity index (χ4v) is 2.64.